The Balaban J connectivity index is 1.63. The van der Waals surface area contributed by atoms with Gasteiger partial charge >= 0.3 is 0 Å². The molecule has 9 heteroatoms. The molecule has 3 aromatic rings. The Morgan fingerprint density at radius 2 is 2.04 bits per heavy atom. The van der Waals surface area contributed by atoms with Crippen molar-refractivity contribution in [3.8, 4) is 0 Å². The second-order valence-electron chi connectivity index (χ2n) is 7.95. The molecule has 1 aliphatic rings. The van der Waals surface area contributed by atoms with E-state index >= 15 is 0 Å². The number of aromatic nitrogens is 6. The van der Waals surface area contributed by atoms with E-state index in [-0.39, 0.29) is 6.04 Å². The first-order valence-electron chi connectivity index (χ1n) is 10.0. The van der Waals surface area contributed by atoms with Gasteiger partial charge in [0.1, 0.15) is 0 Å². The van der Waals surface area contributed by atoms with Crippen LogP contribution >= 0.6 is 0 Å². The van der Waals surface area contributed by atoms with Gasteiger partial charge in [0.15, 0.2) is 17.0 Å². The lowest BCUT2D eigenvalue weighted by molar-refractivity contribution is 0.410. The maximum Gasteiger partial charge on any atom is 0.227 e. The van der Waals surface area contributed by atoms with Gasteiger partial charge in [0.05, 0.1) is 24.8 Å². The Kier molecular flexibility index (Phi) is 5.17. The second-order valence-corrected chi connectivity index (χ2v) is 7.95. The molecule has 5 N–H and O–H groups in total. The van der Waals surface area contributed by atoms with Gasteiger partial charge in [0, 0.05) is 18.1 Å². The number of fused-ring (bicyclic) bond motifs is 1. The third-order valence-corrected chi connectivity index (χ3v) is 5.45. The minimum Gasteiger partial charge on any atom is -0.362 e. The monoisotopic (exact) mass is 383 g/mol. The van der Waals surface area contributed by atoms with Gasteiger partial charge in [0.25, 0.3) is 0 Å². The number of imidazole rings is 1. The van der Waals surface area contributed by atoms with Crippen LogP contribution in [-0.2, 0) is 6.54 Å². The molecule has 1 aliphatic carbocycles. The molecule has 0 aromatic carbocycles. The summed E-state index contributed by atoms with van der Waals surface area (Å²) in [6.45, 7) is 6.88. The maximum absolute atomic E-state index is 6.04. The van der Waals surface area contributed by atoms with Crippen molar-refractivity contribution < 1.29 is 0 Å². The number of anilines is 2. The first kappa shape index (κ1) is 18.7. The quantitative estimate of drug-likeness (QED) is 0.516. The van der Waals surface area contributed by atoms with Crippen molar-refractivity contribution in [2.75, 3.05) is 10.6 Å². The van der Waals surface area contributed by atoms with Crippen molar-refractivity contribution in [3.05, 3.63) is 23.8 Å². The number of nitrogens with zero attached hydrogens (tertiary/aromatic N) is 5. The van der Waals surface area contributed by atoms with Crippen LogP contribution in [0.25, 0.3) is 11.2 Å². The van der Waals surface area contributed by atoms with E-state index in [2.05, 4.69) is 44.2 Å². The van der Waals surface area contributed by atoms with Crippen LogP contribution in [0.5, 0.6) is 0 Å². The normalized spacial score (nSPS) is 20.0. The fourth-order valence-corrected chi connectivity index (χ4v) is 3.65. The van der Waals surface area contributed by atoms with Crippen molar-refractivity contribution in [2.24, 2.45) is 5.73 Å². The fourth-order valence-electron chi connectivity index (χ4n) is 3.65. The van der Waals surface area contributed by atoms with Crippen LogP contribution in [0, 0.1) is 6.92 Å². The number of nitrogens with one attached hydrogen (secondary N) is 3. The van der Waals surface area contributed by atoms with E-state index in [1.165, 1.54) is 0 Å². The summed E-state index contributed by atoms with van der Waals surface area (Å²) in [5, 5.41) is 14.0. The van der Waals surface area contributed by atoms with E-state index in [1.807, 2.05) is 19.4 Å². The van der Waals surface area contributed by atoms with Gasteiger partial charge in [-0.15, -0.1) is 0 Å². The van der Waals surface area contributed by atoms with E-state index in [0.717, 1.165) is 53.9 Å². The molecular weight excluding hydrogens is 354 g/mol. The first-order chi connectivity index (χ1) is 13.5. The molecule has 0 unspecified atom stereocenters. The average molecular weight is 384 g/mol. The number of rotatable bonds is 6. The van der Waals surface area contributed by atoms with Crippen molar-refractivity contribution >= 4 is 22.9 Å². The average Bonchev–Trinajstić information content (AvgIpc) is 3.28. The number of nitrogens with two attached hydrogens (primary N) is 1. The molecular formula is C19H29N9. The molecule has 4 rings (SSSR count). The molecule has 28 heavy (non-hydrogen) atoms. The van der Waals surface area contributed by atoms with Crippen LogP contribution in [0.4, 0.5) is 11.8 Å². The molecule has 1 fully saturated rings. The predicted octanol–water partition coefficient (Wildman–Crippen LogP) is 2.73. The largest absolute Gasteiger partial charge is 0.362 e. The third kappa shape index (κ3) is 3.80. The zero-order chi connectivity index (χ0) is 19.7. The molecule has 0 spiro atoms. The van der Waals surface area contributed by atoms with Crippen molar-refractivity contribution in [3.63, 3.8) is 0 Å². The predicted molar refractivity (Wildman–Crippen MR) is 110 cm³/mol. The highest BCUT2D eigenvalue weighted by atomic mass is 15.2. The maximum atomic E-state index is 6.04. The number of H-pyrrole nitrogens is 1. The van der Waals surface area contributed by atoms with E-state index in [0.29, 0.717) is 24.6 Å². The molecule has 0 bridgehead atoms. The molecule has 9 nitrogen and oxygen atoms in total. The fraction of sp³-hybridized carbons (Fsp3) is 0.579. The summed E-state index contributed by atoms with van der Waals surface area (Å²) in [7, 11) is 0. The summed E-state index contributed by atoms with van der Waals surface area (Å²) in [5.74, 6) is 1.37. The van der Waals surface area contributed by atoms with E-state index in [4.69, 9.17) is 15.7 Å². The summed E-state index contributed by atoms with van der Waals surface area (Å²) in [6.07, 6.45) is 7.81. The Morgan fingerprint density at radius 1 is 1.25 bits per heavy atom. The van der Waals surface area contributed by atoms with Crippen LogP contribution in [0.1, 0.15) is 56.8 Å². The lowest BCUT2D eigenvalue weighted by Gasteiger charge is -2.27. The van der Waals surface area contributed by atoms with Crippen LogP contribution in [-0.4, -0.2) is 41.8 Å². The summed E-state index contributed by atoms with van der Waals surface area (Å²) >= 11 is 0. The van der Waals surface area contributed by atoms with Crippen LogP contribution in [0.3, 0.4) is 0 Å². The molecule has 150 valence electrons. The first-order valence-corrected chi connectivity index (χ1v) is 10.0. The van der Waals surface area contributed by atoms with E-state index in [9.17, 15) is 0 Å². The second kappa shape index (κ2) is 7.75. The van der Waals surface area contributed by atoms with Crippen LogP contribution in [0.15, 0.2) is 12.5 Å². The third-order valence-electron chi connectivity index (χ3n) is 5.45. The Morgan fingerprint density at radius 3 is 2.71 bits per heavy atom. The lowest BCUT2D eigenvalue weighted by Crippen LogP contribution is -2.33. The van der Waals surface area contributed by atoms with Gasteiger partial charge in [-0.05, 0) is 52.0 Å². The smallest absolute Gasteiger partial charge is 0.227 e. The highest BCUT2D eigenvalue weighted by Gasteiger charge is 2.21. The Labute approximate surface area is 164 Å². The summed E-state index contributed by atoms with van der Waals surface area (Å²) < 4.78 is 2.08. The van der Waals surface area contributed by atoms with E-state index < -0.39 is 0 Å². The summed E-state index contributed by atoms with van der Waals surface area (Å²) in [5.41, 5.74) is 9.80. The van der Waals surface area contributed by atoms with E-state index in [1.54, 1.807) is 0 Å². The van der Waals surface area contributed by atoms with Gasteiger partial charge in [-0.1, -0.05) is 0 Å². The SMILES string of the molecule is Cc1cn[nH]c1CNc1nc(NC2CCC(N)CC2)nc2c1ncn2C(C)C. The highest BCUT2D eigenvalue weighted by molar-refractivity contribution is 5.84. The summed E-state index contributed by atoms with van der Waals surface area (Å²) in [4.78, 5) is 14.1. The Hall–Kier alpha value is -2.68. The number of hydrogen-bond donors (Lipinski definition) is 4. The molecule has 3 heterocycles. The topological polar surface area (TPSA) is 122 Å². The van der Waals surface area contributed by atoms with Crippen LogP contribution < -0.4 is 16.4 Å². The zero-order valence-corrected chi connectivity index (χ0v) is 16.7. The zero-order valence-electron chi connectivity index (χ0n) is 16.7. The number of hydrogen-bond acceptors (Lipinski definition) is 7. The minimum atomic E-state index is 0.267. The van der Waals surface area contributed by atoms with Gasteiger partial charge in [-0.25, -0.2) is 4.98 Å². The molecule has 0 saturated heterocycles. The standard InChI is InChI=1S/C19H29N9/c1-11(2)28-10-22-16-17(21-9-15-12(3)8-23-27-15)25-19(26-18(16)28)24-14-6-4-13(20)5-7-14/h8,10-11,13-14H,4-7,9,20H2,1-3H3,(H,23,27)(H2,21,24,25,26). The van der Waals surface area contributed by atoms with Crippen LogP contribution in [0.2, 0.25) is 0 Å². The molecule has 0 atom stereocenters. The molecule has 0 radical (unpaired) electrons. The Bertz CT molecular complexity index is 934. The van der Waals surface area contributed by atoms with Gasteiger partial charge < -0.3 is 20.9 Å². The summed E-state index contributed by atoms with van der Waals surface area (Å²) in [6, 6.07) is 0.942. The molecule has 3 aromatic heterocycles. The van der Waals surface area contributed by atoms with Gasteiger partial charge in [0.2, 0.25) is 5.95 Å². The molecule has 1 saturated carbocycles. The van der Waals surface area contributed by atoms with Crippen molar-refractivity contribution in [2.45, 2.75) is 71.1 Å². The number of aryl methyl sites for hydroxylation is 1. The molecule has 0 amide bonds. The molecule has 0 aliphatic heterocycles. The lowest BCUT2D eigenvalue weighted by atomic mass is 9.92. The van der Waals surface area contributed by atoms with Gasteiger partial charge in [-0.3, -0.25) is 5.10 Å². The number of aromatic amines is 1. The highest BCUT2D eigenvalue weighted by Crippen LogP contribution is 2.26. The van der Waals surface area contributed by atoms with Crippen molar-refractivity contribution in [1.82, 2.24) is 29.7 Å². The van der Waals surface area contributed by atoms with Gasteiger partial charge in [-0.2, -0.15) is 15.1 Å². The van der Waals surface area contributed by atoms with Crippen molar-refractivity contribution in [1.29, 1.82) is 0 Å². The minimum absolute atomic E-state index is 0.267.